The Morgan fingerprint density at radius 1 is 0.614 bits per heavy atom. The van der Waals surface area contributed by atoms with E-state index in [4.69, 9.17) is 9.47 Å². The number of benzene rings is 4. The number of nitrogens with zero attached hydrogens (tertiary/aromatic N) is 2. The van der Waals surface area contributed by atoms with Gasteiger partial charge in [-0.3, -0.25) is 31.7 Å². The van der Waals surface area contributed by atoms with Crippen molar-refractivity contribution in [2.45, 2.75) is 25.7 Å². The molecule has 13 heteroatoms. The molecule has 0 atom stereocenters. The maximum absolute atomic E-state index is 13.6. The zero-order valence-corrected chi connectivity index (χ0v) is 32.1. The summed E-state index contributed by atoms with van der Waals surface area (Å²) in [6, 6.07) is 22.0. The van der Waals surface area contributed by atoms with Crippen LogP contribution in [0.3, 0.4) is 0 Å². The molecule has 2 amide bonds. The van der Waals surface area contributed by atoms with Crippen molar-refractivity contribution in [3.63, 3.8) is 0 Å². The maximum atomic E-state index is 13.6. The van der Waals surface area contributed by atoms with Gasteiger partial charge in [-0.15, -0.1) is 49.2 Å². The largest absolute Gasteiger partial charge is 4.00 e. The zero-order chi connectivity index (χ0) is 39.5. The molecule has 2 aliphatic carbocycles. The van der Waals surface area contributed by atoms with Crippen molar-refractivity contribution in [2.24, 2.45) is 9.98 Å². The predicted octanol–water partition coefficient (Wildman–Crippen LogP) is 8.59. The van der Waals surface area contributed by atoms with Gasteiger partial charge < -0.3 is 20.1 Å². The monoisotopic (exact) mass is 808 g/mol. The Morgan fingerprint density at radius 2 is 1.04 bits per heavy atom. The van der Waals surface area contributed by atoms with Crippen LogP contribution < -0.4 is 10.6 Å². The van der Waals surface area contributed by atoms with Crippen LogP contribution in [0.15, 0.2) is 119 Å². The molecule has 0 spiro atoms. The number of allylic oxidation sites excluding steroid dienone is 8. The fraction of sp³-hybridized carbons (Fsp3) is 0.182. The van der Waals surface area contributed by atoms with Crippen molar-refractivity contribution in [1.29, 1.82) is 0 Å². The molecule has 4 aromatic carbocycles. The number of amides is 2. The number of halogens is 4. The van der Waals surface area contributed by atoms with Crippen LogP contribution >= 0.6 is 0 Å². The Hall–Kier alpha value is -5.85. The topological polar surface area (TPSA) is 101 Å². The molecular weight excluding hydrogens is 772 g/mol. The van der Waals surface area contributed by atoms with Gasteiger partial charge in [-0.2, -0.15) is 12.2 Å². The van der Waals surface area contributed by atoms with Crippen LogP contribution in [0, 0.1) is 47.6 Å². The van der Waals surface area contributed by atoms with Crippen LogP contribution in [-0.2, 0) is 44.0 Å². The first-order valence-corrected chi connectivity index (χ1v) is 17.6. The summed E-state index contributed by atoms with van der Waals surface area (Å²) in [5, 5.41) is 4.85. The first-order valence-electron chi connectivity index (χ1n) is 17.6. The summed E-state index contributed by atoms with van der Waals surface area (Å²) in [5.41, 5.74) is 1.96. The number of ether oxygens (including phenoxy) is 2. The van der Waals surface area contributed by atoms with Gasteiger partial charge in [-0.05, 0) is 34.6 Å². The van der Waals surface area contributed by atoms with Gasteiger partial charge in [0, 0.05) is 47.2 Å². The van der Waals surface area contributed by atoms with Crippen molar-refractivity contribution < 1.29 is 58.3 Å². The summed E-state index contributed by atoms with van der Waals surface area (Å²) < 4.78 is 63.6. The number of rotatable bonds is 8. The third-order valence-electron chi connectivity index (χ3n) is 7.90. The molecule has 0 radical (unpaired) electrons. The molecule has 2 aliphatic heterocycles. The normalized spacial score (nSPS) is 13.9. The SMILES string of the molecule is O=C(Nc1ccc(F)[c-]c1F)c1ccccc1CC1=NCCO1.O=C(Nc1ccc(F)[c-]c1F)c1ccccc1CC1=NCCO1.[C-]1=CC=CC1.[C-]1=CC=CC1.[Ti+4]. The van der Waals surface area contributed by atoms with Crippen LogP contribution in [0.4, 0.5) is 28.9 Å². The minimum atomic E-state index is -0.945. The predicted molar refractivity (Wildman–Crippen MR) is 206 cm³/mol. The van der Waals surface area contributed by atoms with Crippen molar-refractivity contribution in [2.75, 3.05) is 36.9 Å². The molecule has 8 rings (SSSR count). The molecule has 288 valence electrons. The van der Waals surface area contributed by atoms with E-state index < -0.39 is 35.1 Å². The summed E-state index contributed by atoms with van der Waals surface area (Å²) in [6.07, 6.45) is 20.8. The van der Waals surface area contributed by atoms with E-state index in [-0.39, 0.29) is 33.1 Å². The van der Waals surface area contributed by atoms with E-state index in [2.05, 4.69) is 44.9 Å². The molecule has 0 bridgehead atoms. The van der Waals surface area contributed by atoms with Gasteiger partial charge in [-0.25, -0.2) is 41.9 Å². The average Bonchev–Trinajstić information content (AvgIpc) is 4.05. The summed E-state index contributed by atoms with van der Waals surface area (Å²) >= 11 is 0. The van der Waals surface area contributed by atoms with E-state index in [0.717, 1.165) is 48.2 Å². The van der Waals surface area contributed by atoms with Crippen molar-refractivity contribution >= 4 is 35.0 Å². The zero-order valence-electron chi connectivity index (χ0n) is 30.6. The number of carbonyl (C=O) groups excluding carboxylic acids is 2. The van der Waals surface area contributed by atoms with Gasteiger partial charge in [-0.1, -0.05) is 36.4 Å². The van der Waals surface area contributed by atoms with Crippen molar-refractivity contribution in [3.05, 3.63) is 179 Å². The minimum absolute atomic E-state index is 0. The van der Waals surface area contributed by atoms with E-state index >= 15 is 0 Å². The van der Waals surface area contributed by atoms with Crippen LogP contribution in [0.2, 0.25) is 0 Å². The van der Waals surface area contributed by atoms with Gasteiger partial charge >= 0.3 is 21.7 Å². The Kier molecular flexibility index (Phi) is 17.9. The quantitative estimate of drug-likeness (QED) is 0.106. The van der Waals surface area contributed by atoms with E-state index in [1.807, 2.05) is 36.4 Å². The maximum Gasteiger partial charge on any atom is 4.00 e. The van der Waals surface area contributed by atoms with Crippen LogP contribution in [0.25, 0.3) is 0 Å². The number of hydrogen-bond donors (Lipinski definition) is 2. The van der Waals surface area contributed by atoms with Gasteiger partial charge in [0.1, 0.15) is 13.2 Å². The summed E-state index contributed by atoms with van der Waals surface area (Å²) in [4.78, 5) is 33.2. The number of hydrogen-bond acceptors (Lipinski definition) is 6. The number of aliphatic imine (C=N–C) groups is 2. The Bertz CT molecular complexity index is 2010. The molecular formula is C44H36F4N4O4Ti. The standard InChI is InChI=1S/2C17H13F2N2O2.2C5H5.Ti/c2*18-12-5-6-15(14(19)10-12)21-17(22)13-4-2-1-3-11(13)9-16-20-7-8-23-16;2*1-2-4-5-3-1;/h2*1-6H,7-9H2,(H,21,22);2*1-3H,4H2;/q4*-1;+4. The first-order chi connectivity index (χ1) is 27.3. The third-order valence-corrected chi connectivity index (χ3v) is 7.90. The minimum Gasteiger partial charge on any atom is -0.479 e. The van der Waals surface area contributed by atoms with Gasteiger partial charge in [0.25, 0.3) is 0 Å². The molecule has 2 heterocycles. The van der Waals surface area contributed by atoms with Gasteiger partial charge in [0.05, 0.1) is 13.1 Å². The Balaban J connectivity index is 0.000000200. The van der Waals surface area contributed by atoms with E-state index in [9.17, 15) is 27.2 Å². The van der Waals surface area contributed by atoms with Gasteiger partial charge in [0.2, 0.25) is 11.8 Å². The second-order valence-electron chi connectivity index (χ2n) is 11.9. The molecule has 4 aliphatic rings. The fourth-order valence-corrected chi connectivity index (χ4v) is 5.23. The van der Waals surface area contributed by atoms with Crippen molar-refractivity contribution in [3.8, 4) is 0 Å². The molecule has 0 aromatic heterocycles. The fourth-order valence-electron chi connectivity index (χ4n) is 5.23. The molecule has 2 N–H and O–H groups in total. The van der Waals surface area contributed by atoms with Crippen molar-refractivity contribution in [1.82, 2.24) is 0 Å². The molecule has 0 saturated carbocycles. The molecule has 57 heavy (non-hydrogen) atoms. The molecule has 0 fully saturated rings. The summed E-state index contributed by atoms with van der Waals surface area (Å²) in [7, 11) is 0. The van der Waals surface area contributed by atoms with Gasteiger partial charge in [0.15, 0.2) is 11.8 Å². The van der Waals surface area contributed by atoms with Crippen LogP contribution in [0.5, 0.6) is 0 Å². The number of nitrogens with one attached hydrogen (secondary N) is 2. The Morgan fingerprint density at radius 3 is 1.35 bits per heavy atom. The van der Waals surface area contributed by atoms with Crippen LogP contribution in [0.1, 0.15) is 44.7 Å². The Labute approximate surface area is 343 Å². The number of anilines is 2. The molecule has 0 saturated heterocycles. The van der Waals surface area contributed by atoms with E-state index in [1.54, 1.807) is 48.5 Å². The molecule has 8 nitrogen and oxygen atoms in total. The summed E-state index contributed by atoms with van der Waals surface area (Å²) in [6.45, 7) is 2.31. The second-order valence-corrected chi connectivity index (χ2v) is 11.9. The molecule has 4 aromatic rings. The van der Waals surface area contributed by atoms with Crippen LogP contribution in [-0.4, -0.2) is 49.9 Å². The molecule has 0 unspecified atom stereocenters. The summed E-state index contributed by atoms with van der Waals surface area (Å²) in [5.74, 6) is -3.36. The first kappa shape index (κ1) is 43.9. The smallest absolute Gasteiger partial charge is 0.479 e. The second kappa shape index (κ2) is 23.3. The third kappa shape index (κ3) is 14.3. The average molecular weight is 809 g/mol. The van der Waals surface area contributed by atoms with E-state index in [0.29, 0.717) is 62.1 Å². The number of carbonyl (C=O) groups is 2. The van der Waals surface area contributed by atoms with E-state index in [1.165, 1.54) is 0 Å².